The van der Waals surface area contributed by atoms with Crippen molar-refractivity contribution < 1.29 is 0 Å². The van der Waals surface area contributed by atoms with Gasteiger partial charge in [0.25, 0.3) is 0 Å². The molecular formula is C17H19N7S. The third kappa shape index (κ3) is 2.35. The molecule has 0 spiro atoms. The number of aryl methyl sites for hydroxylation is 2. The molecule has 0 atom stereocenters. The van der Waals surface area contributed by atoms with Gasteiger partial charge in [-0.3, -0.25) is 4.40 Å². The first-order valence-corrected chi connectivity index (χ1v) is 9.64. The molecule has 7 nitrogen and oxygen atoms in total. The van der Waals surface area contributed by atoms with E-state index in [1.807, 2.05) is 13.1 Å². The van der Waals surface area contributed by atoms with Gasteiger partial charge < -0.3 is 9.13 Å². The van der Waals surface area contributed by atoms with Crippen LogP contribution in [0.2, 0.25) is 0 Å². The van der Waals surface area contributed by atoms with E-state index < -0.39 is 0 Å². The lowest BCUT2D eigenvalue weighted by molar-refractivity contribution is 0.616. The van der Waals surface area contributed by atoms with Crippen molar-refractivity contribution in [3.05, 3.63) is 35.9 Å². The van der Waals surface area contributed by atoms with Crippen molar-refractivity contribution >= 4 is 28.6 Å². The molecule has 0 unspecified atom stereocenters. The van der Waals surface area contributed by atoms with E-state index >= 15 is 0 Å². The summed E-state index contributed by atoms with van der Waals surface area (Å²) >= 11 is 1.67. The van der Waals surface area contributed by atoms with Gasteiger partial charge in [0.2, 0.25) is 5.78 Å². The SMILES string of the molecule is Cn1c2ccccc2n2c(SCc3nnc4n3CCCCC4)nnc12. The molecule has 1 aromatic carbocycles. The van der Waals surface area contributed by atoms with Gasteiger partial charge in [-0.05, 0) is 25.0 Å². The molecule has 4 heterocycles. The lowest BCUT2D eigenvalue weighted by Gasteiger charge is -2.05. The zero-order valence-corrected chi connectivity index (χ0v) is 14.9. The molecule has 0 aliphatic carbocycles. The summed E-state index contributed by atoms with van der Waals surface area (Å²) in [7, 11) is 2.03. The highest BCUT2D eigenvalue weighted by molar-refractivity contribution is 7.98. The topological polar surface area (TPSA) is 65.8 Å². The second-order valence-electron chi connectivity index (χ2n) is 6.45. The molecule has 8 heteroatoms. The molecule has 1 aliphatic rings. The molecule has 0 fully saturated rings. The van der Waals surface area contributed by atoms with Crippen molar-refractivity contribution in [2.24, 2.45) is 7.05 Å². The Kier molecular flexibility index (Phi) is 3.51. The summed E-state index contributed by atoms with van der Waals surface area (Å²) in [4.78, 5) is 0. The number of rotatable bonds is 3. The Hall–Kier alpha value is -2.35. The zero-order valence-electron chi connectivity index (χ0n) is 14.1. The van der Waals surface area contributed by atoms with Gasteiger partial charge in [-0.15, -0.1) is 20.4 Å². The highest BCUT2D eigenvalue weighted by Gasteiger charge is 2.18. The minimum absolute atomic E-state index is 0.761. The number of imidazole rings is 1. The van der Waals surface area contributed by atoms with Crippen LogP contribution in [-0.2, 0) is 25.8 Å². The van der Waals surface area contributed by atoms with E-state index in [-0.39, 0.29) is 0 Å². The molecule has 0 saturated heterocycles. The van der Waals surface area contributed by atoms with E-state index in [0.717, 1.165) is 52.3 Å². The molecule has 25 heavy (non-hydrogen) atoms. The number of nitrogens with zero attached hydrogens (tertiary/aromatic N) is 7. The van der Waals surface area contributed by atoms with Gasteiger partial charge in [-0.25, -0.2) is 0 Å². The van der Waals surface area contributed by atoms with Crippen LogP contribution in [0.4, 0.5) is 0 Å². The van der Waals surface area contributed by atoms with Gasteiger partial charge in [-0.2, -0.15) is 0 Å². The summed E-state index contributed by atoms with van der Waals surface area (Å²) in [5.74, 6) is 3.80. The summed E-state index contributed by atoms with van der Waals surface area (Å²) in [6, 6.07) is 8.32. The van der Waals surface area contributed by atoms with E-state index in [1.54, 1.807) is 11.8 Å². The number of para-hydroxylation sites is 2. The maximum Gasteiger partial charge on any atom is 0.236 e. The summed E-state index contributed by atoms with van der Waals surface area (Å²) < 4.78 is 6.50. The van der Waals surface area contributed by atoms with Crippen LogP contribution in [0.3, 0.4) is 0 Å². The Morgan fingerprint density at radius 2 is 1.88 bits per heavy atom. The number of aromatic nitrogens is 7. The molecule has 3 aromatic heterocycles. The average Bonchev–Trinajstić information content (AvgIpc) is 3.24. The Morgan fingerprint density at radius 3 is 2.80 bits per heavy atom. The van der Waals surface area contributed by atoms with Crippen LogP contribution in [0.5, 0.6) is 0 Å². The third-order valence-corrected chi connectivity index (χ3v) is 5.84. The zero-order chi connectivity index (χ0) is 16.8. The Bertz CT molecular complexity index is 1060. The maximum atomic E-state index is 4.42. The predicted octanol–water partition coefficient (Wildman–Crippen LogP) is 2.83. The first-order valence-electron chi connectivity index (χ1n) is 8.65. The smallest absolute Gasteiger partial charge is 0.236 e. The molecule has 0 N–H and O–H groups in total. The van der Waals surface area contributed by atoms with Crippen LogP contribution in [0.15, 0.2) is 29.4 Å². The molecule has 0 radical (unpaired) electrons. The number of hydrogen-bond acceptors (Lipinski definition) is 5. The van der Waals surface area contributed by atoms with Gasteiger partial charge in [-0.1, -0.05) is 30.3 Å². The first kappa shape index (κ1) is 14.9. The highest BCUT2D eigenvalue weighted by Crippen LogP contribution is 2.27. The Morgan fingerprint density at radius 1 is 1.00 bits per heavy atom. The predicted molar refractivity (Wildman–Crippen MR) is 96.6 cm³/mol. The molecule has 1 aliphatic heterocycles. The van der Waals surface area contributed by atoms with Crippen molar-refractivity contribution in [2.45, 2.75) is 43.1 Å². The van der Waals surface area contributed by atoms with Crippen LogP contribution in [-0.4, -0.2) is 33.9 Å². The van der Waals surface area contributed by atoms with Gasteiger partial charge in [0.05, 0.1) is 16.8 Å². The van der Waals surface area contributed by atoms with Crippen molar-refractivity contribution in [2.75, 3.05) is 0 Å². The van der Waals surface area contributed by atoms with E-state index in [4.69, 9.17) is 0 Å². The second-order valence-corrected chi connectivity index (χ2v) is 7.39. The normalized spacial score (nSPS) is 14.9. The Balaban J connectivity index is 1.49. The minimum Gasteiger partial charge on any atom is -0.314 e. The van der Waals surface area contributed by atoms with E-state index in [0.29, 0.717) is 0 Å². The number of fused-ring (bicyclic) bond motifs is 4. The second kappa shape index (κ2) is 5.87. The van der Waals surface area contributed by atoms with Crippen LogP contribution in [0.25, 0.3) is 16.8 Å². The third-order valence-electron chi connectivity index (χ3n) is 4.92. The van der Waals surface area contributed by atoms with Gasteiger partial charge in [0.1, 0.15) is 11.6 Å². The standard InChI is InChI=1S/C17H19N7S/c1-22-12-7-4-5-8-13(12)24-16(22)20-21-17(24)25-11-15-19-18-14-9-3-2-6-10-23(14)15/h4-5,7-8H,2-3,6,9-11H2,1H3. The van der Waals surface area contributed by atoms with E-state index in [9.17, 15) is 0 Å². The van der Waals surface area contributed by atoms with E-state index in [2.05, 4.69) is 52.1 Å². The summed E-state index contributed by atoms with van der Waals surface area (Å²) in [5.41, 5.74) is 2.29. The van der Waals surface area contributed by atoms with Crippen molar-refractivity contribution in [1.82, 2.24) is 33.9 Å². The van der Waals surface area contributed by atoms with Gasteiger partial charge >= 0.3 is 0 Å². The summed E-state index contributed by atoms with van der Waals surface area (Å²) in [5, 5.41) is 18.5. The first-order chi connectivity index (χ1) is 12.3. The lowest BCUT2D eigenvalue weighted by atomic mass is 10.2. The number of thioether (sulfide) groups is 1. The molecule has 0 amide bonds. The molecular weight excluding hydrogens is 334 g/mol. The monoisotopic (exact) mass is 353 g/mol. The van der Waals surface area contributed by atoms with Crippen molar-refractivity contribution in [3.8, 4) is 0 Å². The van der Waals surface area contributed by atoms with Crippen LogP contribution in [0.1, 0.15) is 30.9 Å². The number of hydrogen-bond donors (Lipinski definition) is 0. The van der Waals surface area contributed by atoms with Gasteiger partial charge in [0.15, 0.2) is 5.16 Å². The van der Waals surface area contributed by atoms with Crippen LogP contribution < -0.4 is 0 Å². The summed E-state index contributed by atoms with van der Waals surface area (Å²) in [6.45, 7) is 1.03. The molecule has 0 saturated carbocycles. The van der Waals surface area contributed by atoms with Crippen LogP contribution >= 0.6 is 11.8 Å². The van der Waals surface area contributed by atoms with E-state index in [1.165, 1.54) is 19.3 Å². The fourth-order valence-electron chi connectivity index (χ4n) is 3.61. The lowest BCUT2D eigenvalue weighted by Crippen LogP contribution is -2.05. The minimum atomic E-state index is 0.761. The summed E-state index contributed by atoms with van der Waals surface area (Å²) in [6.07, 6.45) is 4.74. The maximum absolute atomic E-state index is 4.42. The molecule has 128 valence electrons. The fraction of sp³-hybridized carbons (Fsp3) is 0.412. The quantitative estimate of drug-likeness (QED) is 0.530. The van der Waals surface area contributed by atoms with Crippen LogP contribution in [0, 0.1) is 0 Å². The molecule has 0 bridgehead atoms. The highest BCUT2D eigenvalue weighted by atomic mass is 32.2. The van der Waals surface area contributed by atoms with Crippen molar-refractivity contribution in [3.63, 3.8) is 0 Å². The average molecular weight is 353 g/mol. The number of benzene rings is 1. The van der Waals surface area contributed by atoms with Crippen molar-refractivity contribution in [1.29, 1.82) is 0 Å². The fourth-order valence-corrected chi connectivity index (χ4v) is 4.49. The largest absolute Gasteiger partial charge is 0.314 e. The Labute approximate surface area is 149 Å². The molecule has 4 aromatic rings. The van der Waals surface area contributed by atoms with Gasteiger partial charge in [0, 0.05) is 20.0 Å². The molecule has 5 rings (SSSR count).